The predicted molar refractivity (Wildman–Crippen MR) is 93.3 cm³/mol. The molecule has 152 valence electrons. The fourth-order valence-electron chi connectivity index (χ4n) is 2.42. The Balaban J connectivity index is 1.59. The van der Waals surface area contributed by atoms with Gasteiger partial charge in [-0.3, -0.25) is 0 Å². The number of carbonyl (C=O) groups excluding carboxylic acids is 1. The molecule has 2 heterocycles. The van der Waals surface area contributed by atoms with Crippen LogP contribution >= 0.6 is 0 Å². The Bertz CT molecular complexity index is 983. The van der Waals surface area contributed by atoms with Crippen LogP contribution in [0.1, 0.15) is 21.6 Å². The van der Waals surface area contributed by atoms with Crippen molar-refractivity contribution in [3.8, 4) is 11.6 Å². The van der Waals surface area contributed by atoms with Crippen molar-refractivity contribution in [2.24, 2.45) is 0 Å². The van der Waals surface area contributed by atoms with Crippen LogP contribution in [0.4, 0.5) is 17.6 Å². The fraction of sp³-hybridized carbons (Fsp3) is 0.211. The van der Waals surface area contributed by atoms with E-state index in [1.165, 1.54) is 35.1 Å². The maximum Gasteiger partial charge on any atom is 0.417 e. The molecule has 2 aromatic heterocycles. The van der Waals surface area contributed by atoms with Gasteiger partial charge < -0.3 is 9.47 Å². The largest absolute Gasteiger partial charge is 0.490 e. The number of aromatic nitrogens is 3. The monoisotopic (exact) mass is 409 g/mol. The van der Waals surface area contributed by atoms with Crippen molar-refractivity contribution in [2.45, 2.75) is 13.1 Å². The molecule has 0 aliphatic rings. The van der Waals surface area contributed by atoms with Crippen LogP contribution in [-0.4, -0.2) is 33.9 Å². The van der Waals surface area contributed by atoms with Gasteiger partial charge in [0.25, 0.3) is 0 Å². The number of benzene rings is 1. The normalized spacial score (nSPS) is 11.3. The van der Waals surface area contributed by atoms with E-state index in [2.05, 4.69) is 10.1 Å². The van der Waals surface area contributed by atoms with Gasteiger partial charge in [-0.05, 0) is 43.3 Å². The Hall–Kier alpha value is -3.43. The van der Waals surface area contributed by atoms with E-state index in [4.69, 9.17) is 9.47 Å². The highest BCUT2D eigenvalue weighted by atomic mass is 19.4. The number of alkyl halides is 3. The minimum Gasteiger partial charge on any atom is -0.490 e. The molecule has 0 unspecified atom stereocenters. The molecule has 0 atom stereocenters. The Morgan fingerprint density at radius 2 is 1.79 bits per heavy atom. The molecule has 10 heteroatoms. The van der Waals surface area contributed by atoms with E-state index in [-0.39, 0.29) is 30.4 Å². The van der Waals surface area contributed by atoms with Crippen LogP contribution in [0, 0.1) is 12.7 Å². The molecule has 0 fully saturated rings. The second-order valence-corrected chi connectivity index (χ2v) is 5.90. The number of pyridine rings is 1. The Labute approximate surface area is 162 Å². The lowest BCUT2D eigenvalue weighted by Crippen LogP contribution is -2.13. The summed E-state index contributed by atoms with van der Waals surface area (Å²) in [5.41, 5.74) is -0.373. The molecule has 0 saturated carbocycles. The van der Waals surface area contributed by atoms with Gasteiger partial charge in [0.15, 0.2) is 5.82 Å². The summed E-state index contributed by atoms with van der Waals surface area (Å²) in [5, 5.41) is 3.99. The summed E-state index contributed by atoms with van der Waals surface area (Å²) in [6.07, 6.45) is -2.55. The number of carbonyl (C=O) groups is 1. The summed E-state index contributed by atoms with van der Waals surface area (Å²) in [4.78, 5) is 15.9. The molecule has 29 heavy (non-hydrogen) atoms. The van der Waals surface area contributed by atoms with Crippen molar-refractivity contribution in [2.75, 3.05) is 13.2 Å². The van der Waals surface area contributed by atoms with Crippen molar-refractivity contribution in [1.82, 2.24) is 14.8 Å². The third-order valence-electron chi connectivity index (χ3n) is 3.92. The lowest BCUT2D eigenvalue weighted by molar-refractivity contribution is -0.137. The van der Waals surface area contributed by atoms with E-state index >= 15 is 0 Å². The number of ether oxygens (including phenoxy) is 2. The first kappa shape index (κ1) is 20.3. The summed E-state index contributed by atoms with van der Waals surface area (Å²) in [7, 11) is 0. The van der Waals surface area contributed by atoms with Crippen molar-refractivity contribution < 1.29 is 31.8 Å². The minimum atomic E-state index is -4.49. The Kier molecular flexibility index (Phi) is 5.81. The van der Waals surface area contributed by atoms with Gasteiger partial charge in [-0.15, -0.1) is 0 Å². The average Bonchev–Trinajstić information content (AvgIpc) is 3.07. The Morgan fingerprint density at radius 3 is 2.41 bits per heavy atom. The van der Waals surface area contributed by atoms with E-state index in [0.29, 0.717) is 17.6 Å². The van der Waals surface area contributed by atoms with Gasteiger partial charge in [-0.1, -0.05) is 0 Å². The van der Waals surface area contributed by atoms with Gasteiger partial charge in [-0.2, -0.15) is 18.3 Å². The van der Waals surface area contributed by atoms with Crippen LogP contribution in [0.2, 0.25) is 0 Å². The molecule has 0 saturated heterocycles. The zero-order chi connectivity index (χ0) is 21.0. The molecule has 0 N–H and O–H groups in total. The van der Waals surface area contributed by atoms with Crippen LogP contribution in [-0.2, 0) is 10.9 Å². The Morgan fingerprint density at radius 1 is 1.07 bits per heavy atom. The lowest BCUT2D eigenvalue weighted by Gasteiger charge is -2.09. The van der Waals surface area contributed by atoms with Crippen LogP contribution in [0.25, 0.3) is 5.82 Å². The first-order chi connectivity index (χ1) is 13.8. The molecular formula is C19H15F4N3O3. The SMILES string of the molecule is Cc1c(C(=O)OCCOc2ccc(F)cc2)cnn1-c1ccc(C(F)(F)F)cn1. The van der Waals surface area contributed by atoms with Gasteiger partial charge in [0, 0.05) is 6.20 Å². The third kappa shape index (κ3) is 4.89. The zero-order valence-electron chi connectivity index (χ0n) is 15.1. The summed E-state index contributed by atoms with van der Waals surface area (Å²) >= 11 is 0. The average molecular weight is 409 g/mol. The van der Waals surface area contributed by atoms with Crippen LogP contribution in [0.15, 0.2) is 48.8 Å². The van der Waals surface area contributed by atoms with Gasteiger partial charge in [0.2, 0.25) is 0 Å². The molecule has 0 bridgehead atoms. The number of esters is 1. The van der Waals surface area contributed by atoms with E-state index in [0.717, 1.165) is 12.1 Å². The molecule has 0 amide bonds. The number of hydrogen-bond donors (Lipinski definition) is 0. The van der Waals surface area contributed by atoms with Gasteiger partial charge in [0.05, 0.1) is 17.5 Å². The summed E-state index contributed by atoms with van der Waals surface area (Å²) < 4.78 is 62.4. The summed E-state index contributed by atoms with van der Waals surface area (Å²) in [5.74, 6) is -0.490. The van der Waals surface area contributed by atoms with Crippen molar-refractivity contribution in [3.05, 3.63) is 71.4 Å². The molecule has 0 aliphatic heterocycles. The van der Waals surface area contributed by atoms with Crippen molar-refractivity contribution >= 4 is 5.97 Å². The first-order valence-electron chi connectivity index (χ1n) is 8.39. The maximum absolute atomic E-state index is 12.8. The van der Waals surface area contributed by atoms with Crippen LogP contribution in [0.3, 0.4) is 0 Å². The fourth-order valence-corrected chi connectivity index (χ4v) is 2.42. The standard InChI is InChI=1S/C19H15F4N3O3/c1-12-16(18(27)29-9-8-28-15-5-3-14(20)4-6-15)11-25-26(12)17-7-2-13(10-24-17)19(21,22)23/h2-7,10-11H,8-9H2,1H3. The highest BCUT2D eigenvalue weighted by Crippen LogP contribution is 2.28. The van der Waals surface area contributed by atoms with Gasteiger partial charge in [-0.25, -0.2) is 18.9 Å². The number of hydrogen-bond acceptors (Lipinski definition) is 5. The summed E-state index contributed by atoms with van der Waals surface area (Å²) in [6, 6.07) is 7.43. The maximum atomic E-state index is 12.8. The second kappa shape index (κ2) is 8.29. The highest BCUT2D eigenvalue weighted by molar-refractivity contribution is 5.90. The highest BCUT2D eigenvalue weighted by Gasteiger charge is 2.30. The molecular weight excluding hydrogens is 394 g/mol. The van der Waals surface area contributed by atoms with Gasteiger partial charge in [0.1, 0.15) is 30.3 Å². The van der Waals surface area contributed by atoms with Crippen molar-refractivity contribution in [3.63, 3.8) is 0 Å². The predicted octanol–water partition coefficient (Wildman–Crippen LogP) is 3.97. The third-order valence-corrected chi connectivity index (χ3v) is 3.92. The quantitative estimate of drug-likeness (QED) is 0.350. The second-order valence-electron chi connectivity index (χ2n) is 5.90. The van der Waals surface area contributed by atoms with Crippen molar-refractivity contribution in [1.29, 1.82) is 0 Å². The first-order valence-corrected chi connectivity index (χ1v) is 8.39. The molecule has 6 nitrogen and oxygen atoms in total. The molecule has 0 aliphatic carbocycles. The lowest BCUT2D eigenvalue weighted by atomic mass is 10.2. The van der Waals surface area contributed by atoms with Crippen LogP contribution < -0.4 is 4.74 Å². The van der Waals surface area contributed by atoms with E-state index in [9.17, 15) is 22.4 Å². The molecule has 0 spiro atoms. The summed E-state index contributed by atoms with van der Waals surface area (Å²) in [6.45, 7) is 1.57. The van der Waals surface area contributed by atoms with E-state index < -0.39 is 17.7 Å². The van der Waals surface area contributed by atoms with E-state index in [1.807, 2.05) is 0 Å². The molecule has 1 aromatic carbocycles. The molecule has 3 rings (SSSR count). The topological polar surface area (TPSA) is 66.2 Å². The zero-order valence-corrected chi connectivity index (χ0v) is 15.1. The number of nitrogens with zero attached hydrogens (tertiary/aromatic N) is 3. The smallest absolute Gasteiger partial charge is 0.417 e. The number of rotatable bonds is 6. The minimum absolute atomic E-state index is 0.0562. The number of halogens is 4. The molecule has 0 radical (unpaired) electrons. The molecule has 3 aromatic rings. The van der Waals surface area contributed by atoms with Crippen LogP contribution in [0.5, 0.6) is 5.75 Å². The van der Waals surface area contributed by atoms with E-state index in [1.54, 1.807) is 6.92 Å². The van der Waals surface area contributed by atoms with Gasteiger partial charge >= 0.3 is 12.1 Å².